The Morgan fingerprint density at radius 2 is 1.86 bits per heavy atom. The highest BCUT2D eigenvalue weighted by molar-refractivity contribution is 7.98. The molecular formula is C26H28N4O4S. The topological polar surface area (TPSA) is 85.8 Å². The first-order valence-corrected chi connectivity index (χ1v) is 12.6. The van der Waals surface area contributed by atoms with E-state index in [9.17, 15) is 4.79 Å². The summed E-state index contributed by atoms with van der Waals surface area (Å²) < 4.78 is 16.2. The third-order valence-electron chi connectivity index (χ3n) is 6.10. The van der Waals surface area contributed by atoms with Crippen molar-refractivity contribution in [1.82, 2.24) is 15.3 Å². The van der Waals surface area contributed by atoms with E-state index in [4.69, 9.17) is 19.2 Å². The van der Waals surface area contributed by atoms with Crippen LogP contribution in [0.5, 0.6) is 11.5 Å². The first-order chi connectivity index (χ1) is 17.1. The van der Waals surface area contributed by atoms with Crippen molar-refractivity contribution in [3.63, 3.8) is 0 Å². The molecule has 182 valence electrons. The number of fused-ring (bicyclic) bond motifs is 1. The van der Waals surface area contributed by atoms with Crippen LogP contribution in [0.15, 0.2) is 47.6 Å². The minimum absolute atomic E-state index is 0.119. The molecule has 0 bridgehead atoms. The van der Waals surface area contributed by atoms with E-state index in [1.165, 1.54) is 0 Å². The zero-order valence-electron chi connectivity index (χ0n) is 19.9. The van der Waals surface area contributed by atoms with E-state index in [0.717, 1.165) is 52.2 Å². The van der Waals surface area contributed by atoms with Gasteiger partial charge in [0, 0.05) is 42.2 Å². The van der Waals surface area contributed by atoms with Gasteiger partial charge in [-0.05, 0) is 49.2 Å². The fourth-order valence-electron chi connectivity index (χ4n) is 4.02. The summed E-state index contributed by atoms with van der Waals surface area (Å²) in [4.78, 5) is 24.6. The number of carbonyl (C=O) groups excluding carboxylic acids is 1. The van der Waals surface area contributed by atoms with Gasteiger partial charge in [0.1, 0.15) is 5.82 Å². The summed E-state index contributed by atoms with van der Waals surface area (Å²) in [6.45, 7) is 7.85. The van der Waals surface area contributed by atoms with Crippen LogP contribution in [0.1, 0.15) is 32.7 Å². The van der Waals surface area contributed by atoms with Crippen LogP contribution in [0.3, 0.4) is 0 Å². The number of hydrogen-bond acceptors (Lipinski definition) is 8. The number of nitrogens with zero attached hydrogens (tertiary/aromatic N) is 3. The van der Waals surface area contributed by atoms with Crippen molar-refractivity contribution in [1.29, 1.82) is 0 Å². The van der Waals surface area contributed by atoms with Gasteiger partial charge in [0.05, 0.1) is 13.2 Å². The fraction of sp³-hybridized carbons (Fsp3) is 0.346. The van der Waals surface area contributed by atoms with Gasteiger partial charge in [0.2, 0.25) is 6.79 Å². The van der Waals surface area contributed by atoms with E-state index >= 15 is 0 Å². The molecule has 0 spiro atoms. The number of amides is 1. The molecule has 1 fully saturated rings. The van der Waals surface area contributed by atoms with Crippen LogP contribution in [0, 0.1) is 13.8 Å². The molecule has 2 aliphatic rings. The van der Waals surface area contributed by atoms with E-state index in [2.05, 4.69) is 22.1 Å². The standard InChI is InChI=1S/C26H28N4O4S/c1-17-18(2)28-26(29-24(17)30-8-10-32-11-9-30)35-15-20-4-3-5-21(12-20)25(31)27-14-19-6-7-22-23(13-19)34-16-33-22/h3-7,12-13H,8-11,14-16H2,1-2H3,(H,27,31). The summed E-state index contributed by atoms with van der Waals surface area (Å²) in [5, 5.41) is 3.73. The second kappa shape index (κ2) is 10.5. The summed E-state index contributed by atoms with van der Waals surface area (Å²) in [5.41, 5.74) is 4.72. The Morgan fingerprint density at radius 3 is 2.71 bits per heavy atom. The Bertz CT molecular complexity index is 1230. The van der Waals surface area contributed by atoms with Crippen molar-refractivity contribution in [2.45, 2.75) is 31.3 Å². The lowest BCUT2D eigenvalue weighted by molar-refractivity contribution is 0.0950. The molecule has 1 saturated heterocycles. The summed E-state index contributed by atoms with van der Waals surface area (Å²) in [5.74, 6) is 2.98. The molecule has 0 aliphatic carbocycles. The monoisotopic (exact) mass is 492 g/mol. The number of ether oxygens (including phenoxy) is 3. The summed E-state index contributed by atoms with van der Waals surface area (Å²) >= 11 is 1.58. The van der Waals surface area contributed by atoms with E-state index in [1.54, 1.807) is 11.8 Å². The first-order valence-electron chi connectivity index (χ1n) is 11.6. The summed E-state index contributed by atoms with van der Waals surface area (Å²) in [7, 11) is 0. The normalized spacial score (nSPS) is 14.7. The van der Waals surface area contributed by atoms with Gasteiger partial charge in [0.15, 0.2) is 16.7 Å². The van der Waals surface area contributed by atoms with Crippen LogP contribution < -0.4 is 19.7 Å². The maximum atomic E-state index is 12.8. The molecule has 3 heterocycles. The SMILES string of the molecule is Cc1nc(SCc2cccc(C(=O)NCc3ccc4c(c3)OCO4)c2)nc(N2CCOCC2)c1C. The second-order valence-corrected chi connectivity index (χ2v) is 9.44. The Morgan fingerprint density at radius 1 is 1.03 bits per heavy atom. The van der Waals surface area contributed by atoms with Crippen LogP contribution in [-0.2, 0) is 17.0 Å². The van der Waals surface area contributed by atoms with Crippen molar-refractivity contribution in [2.75, 3.05) is 38.0 Å². The van der Waals surface area contributed by atoms with E-state index in [-0.39, 0.29) is 12.7 Å². The average molecular weight is 493 g/mol. The molecule has 0 unspecified atom stereocenters. The number of anilines is 1. The fourth-order valence-corrected chi connectivity index (χ4v) is 4.85. The molecule has 3 aromatic rings. The van der Waals surface area contributed by atoms with Crippen molar-refractivity contribution >= 4 is 23.5 Å². The van der Waals surface area contributed by atoms with Crippen LogP contribution in [0.4, 0.5) is 5.82 Å². The van der Waals surface area contributed by atoms with Gasteiger partial charge in [-0.2, -0.15) is 0 Å². The quantitative estimate of drug-likeness (QED) is 0.393. The molecule has 1 amide bonds. The Labute approximate surface area is 209 Å². The molecule has 0 atom stereocenters. The highest BCUT2D eigenvalue weighted by Crippen LogP contribution is 2.32. The van der Waals surface area contributed by atoms with E-state index in [1.807, 2.05) is 49.4 Å². The van der Waals surface area contributed by atoms with Crippen LogP contribution in [-0.4, -0.2) is 49.0 Å². The summed E-state index contributed by atoms with van der Waals surface area (Å²) in [6, 6.07) is 13.4. The van der Waals surface area contributed by atoms with Gasteiger partial charge in [-0.3, -0.25) is 4.79 Å². The number of aromatic nitrogens is 2. The number of nitrogens with one attached hydrogen (secondary N) is 1. The number of morpholine rings is 1. The van der Waals surface area contributed by atoms with Crippen LogP contribution in [0.2, 0.25) is 0 Å². The van der Waals surface area contributed by atoms with E-state index in [0.29, 0.717) is 36.8 Å². The molecule has 0 saturated carbocycles. The number of aryl methyl sites for hydroxylation is 1. The molecule has 2 aromatic carbocycles. The van der Waals surface area contributed by atoms with Crippen molar-refractivity contribution in [2.24, 2.45) is 0 Å². The van der Waals surface area contributed by atoms with Gasteiger partial charge in [-0.25, -0.2) is 9.97 Å². The van der Waals surface area contributed by atoms with Crippen LogP contribution >= 0.6 is 11.8 Å². The molecule has 5 rings (SSSR count). The Kier molecular flexibility index (Phi) is 7.06. The molecule has 2 aliphatic heterocycles. The molecule has 1 N–H and O–H groups in total. The zero-order valence-corrected chi connectivity index (χ0v) is 20.7. The highest BCUT2D eigenvalue weighted by atomic mass is 32.2. The van der Waals surface area contributed by atoms with Gasteiger partial charge < -0.3 is 24.4 Å². The lowest BCUT2D eigenvalue weighted by atomic mass is 10.1. The number of benzene rings is 2. The summed E-state index contributed by atoms with van der Waals surface area (Å²) in [6.07, 6.45) is 0. The molecule has 35 heavy (non-hydrogen) atoms. The largest absolute Gasteiger partial charge is 0.454 e. The molecule has 0 radical (unpaired) electrons. The van der Waals surface area contributed by atoms with Gasteiger partial charge >= 0.3 is 0 Å². The maximum Gasteiger partial charge on any atom is 0.251 e. The minimum atomic E-state index is -0.119. The molecule has 9 heteroatoms. The molecule has 8 nitrogen and oxygen atoms in total. The van der Waals surface area contributed by atoms with Crippen molar-refractivity contribution < 1.29 is 19.0 Å². The lowest BCUT2D eigenvalue weighted by Crippen LogP contribution is -2.37. The molecular weight excluding hydrogens is 464 g/mol. The van der Waals surface area contributed by atoms with Gasteiger partial charge in [-0.15, -0.1) is 0 Å². The third-order valence-corrected chi connectivity index (χ3v) is 7.02. The molecule has 1 aromatic heterocycles. The zero-order chi connectivity index (χ0) is 24.2. The first kappa shape index (κ1) is 23.4. The third kappa shape index (κ3) is 5.52. The smallest absolute Gasteiger partial charge is 0.251 e. The van der Waals surface area contributed by atoms with Crippen molar-refractivity contribution in [3.8, 4) is 11.5 Å². The van der Waals surface area contributed by atoms with Gasteiger partial charge in [0.25, 0.3) is 5.91 Å². The second-order valence-electron chi connectivity index (χ2n) is 8.50. The number of carbonyl (C=O) groups is 1. The number of rotatable bonds is 7. The average Bonchev–Trinajstić information content (AvgIpc) is 3.36. The maximum absolute atomic E-state index is 12.8. The predicted octanol–water partition coefficient (Wildman–Crippen LogP) is 3.88. The lowest BCUT2D eigenvalue weighted by Gasteiger charge is -2.29. The minimum Gasteiger partial charge on any atom is -0.454 e. The van der Waals surface area contributed by atoms with Crippen molar-refractivity contribution in [3.05, 3.63) is 70.4 Å². The van der Waals surface area contributed by atoms with Crippen LogP contribution in [0.25, 0.3) is 0 Å². The Balaban J connectivity index is 1.21. The number of hydrogen-bond donors (Lipinski definition) is 1. The van der Waals surface area contributed by atoms with E-state index < -0.39 is 0 Å². The van der Waals surface area contributed by atoms with Gasteiger partial charge in [-0.1, -0.05) is 30.0 Å². The predicted molar refractivity (Wildman–Crippen MR) is 134 cm³/mol. The Hall–Kier alpha value is -3.30. The highest BCUT2D eigenvalue weighted by Gasteiger charge is 2.18. The number of thioether (sulfide) groups is 1.